The van der Waals surface area contributed by atoms with E-state index in [1.165, 1.54) is 32.4 Å². The van der Waals surface area contributed by atoms with Crippen LogP contribution in [0.3, 0.4) is 0 Å². The fourth-order valence-electron chi connectivity index (χ4n) is 3.39. The normalized spacial score (nSPS) is 15.8. The summed E-state index contributed by atoms with van der Waals surface area (Å²) in [4.78, 5) is 2.54. The van der Waals surface area contributed by atoms with Crippen LogP contribution in [0.4, 0.5) is 0 Å². The predicted molar refractivity (Wildman–Crippen MR) is 104 cm³/mol. The minimum absolute atomic E-state index is 0.661. The molecule has 0 spiro atoms. The number of rotatable bonds is 8. The first kappa shape index (κ1) is 17.7. The summed E-state index contributed by atoms with van der Waals surface area (Å²) in [5.41, 5.74) is 1.00. The zero-order chi connectivity index (χ0) is 17.3. The molecule has 0 atom stereocenters. The maximum atomic E-state index is 5.99. The van der Waals surface area contributed by atoms with E-state index in [4.69, 9.17) is 10.6 Å². The van der Waals surface area contributed by atoms with Crippen LogP contribution in [-0.4, -0.2) is 50.4 Å². The van der Waals surface area contributed by atoms with Crippen LogP contribution in [0.15, 0.2) is 41.5 Å². The minimum Gasteiger partial charge on any atom is -0.492 e. The monoisotopic (exact) mass is 340 g/mol. The molecule has 0 bridgehead atoms. The Bertz CT molecular complexity index is 695. The molecule has 134 valence electrons. The van der Waals surface area contributed by atoms with Gasteiger partial charge in [-0.2, -0.15) is 5.10 Å². The second kappa shape index (κ2) is 9.39. The molecule has 2 aromatic rings. The number of likely N-dealkylation sites (tertiary alicyclic amines) is 1. The molecular formula is C20H28N4O. The molecule has 1 saturated heterocycles. The Morgan fingerprint density at radius 3 is 2.64 bits per heavy atom. The van der Waals surface area contributed by atoms with Crippen molar-refractivity contribution in [2.24, 2.45) is 10.9 Å². The van der Waals surface area contributed by atoms with Crippen LogP contribution in [-0.2, 0) is 0 Å². The minimum atomic E-state index is 0.661. The molecule has 3 N–H and O–H groups in total. The first-order chi connectivity index (χ1) is 12.4. The third-order valence-corrected chi connectivity index (χ3v) is 4.72. The predicted octanol–water partition coefficient (Wildman–Crippen LogP) is 2.59. The van der Waals surface area contributed by atoms with Gasteiger partial charge < -0.3 is 20.8 Å². The molecule has 25 heavy (non-hydrogen) atoms. The molecule has 0 saturated carbocycles. The number of nitrogens with one attached hydrogen (secondary N) is 1. The maximum absolute atomic E-state index is 5.99. The molecule has 0 aliphatic carbocycles. The third kappa shape index (κ3) is 4.94. The zero-order valence-corrected chi connectivity index (χ0v) is 14.8. The molecule has 1 aliphatic rings. The Kier molecular flexibility index (Phi) is 6.65. The lowest BCUT2D eigenvalue weighted by Crippen LogP contribution is -2.36. The Morgan fingerprint density at radius 2 is 1.84 bits per heavy atom. The smallest absolute Gasteiger partial charge is 0.127 e. The van der Waals surface area contributed by atoms with Crippen LogP contribution in [0.5, 0.6) is 5.75 Å². The Balaban J connectivity index is 1.47. The van der Waals surface area contributed by atoms with E-state index in [0.717, 1.165) is 41.7 Å². The highest BCUT2D eigenvalue weighted by atomic mass is 16.5. The van der Waals surface area contributed by atoms with Gasteiger partial charge in [0.15, 0.2) is 0 Å². The second-order valence-electron chi connectivity index (χ2n) is 6.48. The van der Waals surface area contributed by atoms with Crippen molar-refractivity contribution >= 4 is 17.0 Å². The molecule has 0 amide bonds. The second-order valence-corrected chi connectivity index (χ2v) is 6.48. The van der Waals surface area contributed by atoms with Crippen molar-refractivity contribution in [3.05, 3.63) is 42.0 Å². The summed E-state index contributed by atoms with van der Waals surface area (Å²) in [5, 5.41) is 9.31. The van der Waals surface area contributed by atoms with Crippen molar-refractivity contribution in [2.45, 2.75) is 19.3 Å². The van der Waals surface area contributed by atoms with Gasteiger partial charge in [0, 0.05) is 30.6 Å². The number of hydrazone groups is 1. The molecule has 5 nitrogen and oxygen atoms in total. The van der Waals surface area contributed by atoms with Gasteiger partial charge in [0.2, 0.25) is 0 Å². The Hall–Kier alpha value is -2.11. The summed E-state index contributed by atoms with van der Waals surface area (Å²) in [7, 11) is 0. The number of piperidine rings is 1. The molecule has 5 heteroatoms. The van der Waals surface area contributed by atoms with Crippen molar-refractivity contribution in [1.29, 1.82) is 0 Å². The van der Waals surface area contributed by atoms with Crippen molar-refractivity contribution in [3.63, 3.8) is 0 Å². The highest BCUT2D eigenvalue weighted by Gasteiger charge is 2.09. The van der Waals surface area contributed by atoms with Gasteiger partial charge in [0.05, 0.1) is 6.21 Å². The van der Waals surface area contributed by atoms with Gasteiger partial charge >= 0.3 is 0 Å². The van der Waals surface area contributed by atoms with Gasteiger partial charge in [-0.25, -0.2) is 0 Å². The van der Waals surface area contributed by atoms with Crippen LogP contribution in [0, 0.1) is 0 Å². The first-order valence-corrected chi connectivity index (χ1v) is 9.19. The summed E-state index contributed by atoms with van der Waals surface area (Å²) < 4.78 is 5.99. The molecule has 3 rings (SSSR count). The number of benzene rings is 2. The molecule has 1 heterocycles. The highest BCUT2D eigenvalue weighted by molar-refractivity contribution is 6.02. The van der Waals surface area contributed by atoms with Crippen LogP contribution >= 0.6 is 0 Å². The molecule has 0 unspecified atom stereocenters. The summed E-state index contributed by atoms with van der Waals surface area (Å²) in [6.45, 7) is 6.18. The average molecular weight is 340 g/mol. The molecule has 0 radical (unpaired) electrons. The lowest BCUT2D eigenvalue weighted by Gasteiger charge is -2.26. The number of ether oxygens (including phenoxy) is 1. The fraction of sp³-hybridized carbons (Fsp3) is 0.450. The van der Waals surface area contributed by atoms with Gasteiger partial charge in [0.1, 0.15) is 12.4 Å². The van der Waals surface area contributed by atoms with Gasteiger partial charge in [-0.15, -0.1) is 0 Å². The molecular weight excluding hydrogens is 312 g/mol. The van der Waals surface area contributed by atoms with E-state index in [0.29, 0.717) is 6.61 Å². The van der Waals surface area contributed by atoms with Gasteiger partial charge in [-0.3, -0.25) is 0 Å². The SMILES string of the molecule is NN=Cc1ccc(OCCNCCN2CCCCC2)c2ccccc12. The Morgan fingerprint density at radius 1 is 1.04 bits per heavy atom. The number of nitrogens with two attached hydrogens (primary N) is 1. The lowest BCUT2D eigenvalue weighted by molar-refractivity contribution is 0.226. The van der Waals surface area contributed by atoms with Gasteiger partial charge in [0.25, 0.3) is 0 Å². The van der Waals surface area contributed by atoms with E-state index in [2.05, 4.69) is 27.5 Å². The van der Waals surface area contributed by atoms with E-state index in [1.54, 1.807) is 6.21 Å². The summed E-state index contributed by atoms with van der Waals surface area (Å²) in [5.74, 6) is 6.20. The van der Waals surface area contributed by atoms with E-state index in [9.17, 15) is 0 Å². The van der Waals surface area contributed by atoms with Gasteiger partial charge in [-0.05, 0) is 43.5 Å². The summed E-state index contributed by atoms with van der Waals surface area (Å²) >= 11 is 0. The third-order valence-electron chi connectivity index (χ3n) is 4.72. The van der Waals surface area contributed by atoms with E-state index >= 15 is 0 Å². The highest BCUT2D eigenvalue weighted by Crippen LogP contribution is 2.27. The lowest BCUT2D eigenvalue weighted by atomic mass is 10.0. The molecule has 1 aliphatic heterocycles. The molecule has 0 aromatic heterocycles. The number of hydrogen-bond donors (Lipinski definition) is 2. The molecule has 1 fully saturated rings. The summed E-state index contributed by atoms with van der Waals surface area (Å²) in [6.07, 6.45) is 5.76. The van der Waals surface area contributed by atoms with E-state index in [-0.39, 0.29) is 0 Å². The zero-order valence-electron chi connectivity index (χ0n) is 14.8. The maximum Gasteiger partial charge on any atom is 0.127 e. The number of nitrogens with zero attached hydrogens (tertiary/aromatic N) is 2. The van der Waals surface area contributed by atoms with Crippen LogP contribution < -0.4 is 15.9 Å². The van der Waals surface area contributed by atoms with Crippen molar-refractivity contribution in [1.82, 2.24) is 10.2 Å². The van der Waals surface area contributed by atoms with E-state index in [1.807, 2.05) is 24.3 Å². The van der Waals surface area contributed by atoms with Crippen LogP contribution in [0.25, 0.3) is 10.8 Å². The number of hydrogen-bond acceptors (Lipinski definition) is 5. The Labute approximate surface area is 149 Å². The standard InChI is InChI=1S/C20H28N4O/c21-23-16-17-8-9-20(19-7-3-2-6-18(17)19)25-15-11-22-10-14-24-12-4-1-5-13-24/h2-3,6-9,16,22H,1,4-5,10-15,21H2. The van der Waals surface area contributed by atoms with Gasteiger partial charge in [-0.1, -0.05) is 30.7 Å². The fourth-order valence-corrected chi connectivity index (χ4v) is 3.39. The van der Waals surface area contributed by atoms with Crippen LogP contribution in [0.1, 0.15) is 24.8 Å². The largest absolute Gasteiger partial charge is 0.492 e. The van der Waals surface area contributed by atoms with Crippen LogP contribution in [0.2, 0.25) is 0 Å². The van der Waals surface area contributed by atoms with Crippen molar-refractivity contribution in [2.75, 3.05) is 39.3 Å². The topological polar surface area (TPSA) is 62.9 Å². The first-order valence-electron chi connectivity index (χ1n) is 9.19. The molecule has 2 aromatic carbocycles. The quantitative estimate of drug-likeness (QED) is 0.336. The van der Waals surface area contributed by atoms with E-state index < -0.39 is 0 Å². The van der Waals surface area contributed by atoms with Crippen molar-refractivity contribution < 1.29 is 4.74 Å². The average Bonchev–Trinajstić information content (AvgIpc) is 2.67. The van der Waals surface area contributed by atoms with Crippen molar-refractivity contribution in [3.8, 4) is 5.75 Å². The summed E-state index contributed by atoms with van der Waals surface area (Å²) in [6, 6.07) is 12.2. The number of fused-ring (bicyclic) bond motifs is 1.